The lowest BCUT2D eigenvalue weighted by atomic mass is 10.1. The zero-order chi connectivity index (χ0) is 14.5. The summed E-state index contributed by atoms with van der Waals surface area (Å²) in [5.41, 5.74) is 1.44. The van der Waals surface area contributed by atoms with Crippen molar-refractivity contribution in [2.75, 3.05) is 12.4 Å². The molecule has 2 aromatic carbocycles. The van der Waals surface area contributed by atoms with Gasteiger partial charge in [-0.3, -0.25) is 9.59 Å². The maximum absolute atomic E-state index is 12.1. The molecule has 20 heavy (non-hydrogen) atoms. The Labute approximate surface area is 125 Å². The van der Waals surface area contributed by atoms with Gasteiger partial charge in [-0.15, -0.1) is 0 Å². The first-order chi connectivity index (χ1) is 9.61. The van der Waals surface area contributed by atoms with E-state index in [1.54, 1.807) is 55.6 Å². The van der Waals surface area contributed by atoms with E-state index < -0.39 is 0 Å². The van der Waals surface area contributed by atoms with Crippen molar-refractivity contribution < 1.29 is 9.59 Å². The van der Waals surface area contributed by atoms with Gasteiger partial charge in [0, 0.05) is 17.1 Å². The quantitative estimate of drug-likeness (QED) is 0.907. The monoisotopic (exact) mass is 332 g/mol. The lowest BCUT2D eigenvalue weighted by molar-refractivity contribution is 0.0964. The highest BCUT2D eigenvalue weighted by molar-refractivity contribution is 9.10. The standard InChI is InChI=1S/C15H13BrN2O2/c1-17-15(20)12-4-2-3-5-13(12)18-14(19)10-6-8-11(16)9-7-10/h2-9H,1H3,(H,17,20)(H,18,19). The largest absolute Gasteiger partial charge is 0.355 e. The molecule has 4 nitrogen and oxygen atoms in total. The van der Waals surface area contributed by atoms with Gasteiger partial charge < -0.3 is 10.6 Å². The van der Waals surface area contributed by atoms with Crippen LogP contribution in [0.15, 0.2) is 53.0 Å². The summed E-state index contributed by atoms with van der Waals surface area (Å²) >= 11 is 3.32. The van der Waals surface area contributed by atoms with Gasteiger partial charge in [0.2, 0.25) is 0 Å². The van der Waals surface area contributed by atoms with E-state index in [9.17, 15) is 9.59 Å². The average molecular weight is 333 g/mol. The van der Waals surface area contributed by atoms with Gasteiger partial charge >= 0.3 is 0 Å². The normalized spacial score (nSPS) is 9.90. The molecule has 0 bridgehead atoms. The van der Waals surface area contributed by atoms with Crippen LogP contribution in [0.5, 0.6) is 0 Å². The van der Waals surface area contributed by atoms with Crippen LogP contribution < -0.4 is 10.6 Å². The van der Waals surface area contributed by atoms with Crippen molar-refractivity contribution in [1.29, 1.82) is 0 Å². The van der Waals surface area contributed by atoms with Gasteiger partial charge in [0.15, 0.2) is 0 Å². The molecule has 102 valence electrons. The molecule has 0 radical (unpaired) electrons. The van der Waals surface area contributed by atoms with Crippen LogP contribution in [-0.4, -0.2) is 18.9 Å². The molecule has 2 rings (SSSR count). The summed E-state index contributed by atoms with van der Waals surface area (Å²) in [6.45, 7) is 0. The zero-order valence-electron chi connectivity index (χ0n) is 10.8. The van der Waals surface area contributed by atoms with E-state index in [1.807, 2.05) is 0 Å². The predicted molar refractivity (Wildman–Crippen MR) is 81.9 cm³/mol. The molecule has 2 amide bonds. The van der Waals surface area contributed by atoms with Gasteiger partial charge in [0.1, 0.15) is 0 Å². The fourth-order valence-electron chi connectivity index (χ4n) is 1.72. The molecular formula is C15H13BrN2O2. The zero-order valence-corrected chi connectivity index (χ0v) is 12.4. The fourth-order valence-corrected chi connectivity index (χ4v) is 1.98. The molecule has 0 atom stereocenters. The number of nitrogens with one attached hydrogen (secondary N) is 2. The van der Waals surface area contributed by atoms with Crippen molar-refractivity contribution in [3.8, 4) is 0 Å². The smallest absolute Gasteiger partial charge is 0.255 e. The number of halogens is 1. The maximum atomic E-state index is 12.1. The Kier molecular flexibility index (Phi) is 4.53. The summed E-state index contributed by atoms with van der Waals surface area (Å²) in [5.74, 6) is -0.495. The summed E-state index contributed by atoms with van der Waals surface area (Å²) in [4.78, 5) is 23.9. The number of amides is 2. The second-order valence-electron chi connectivity index (χ2n) is 4.09. The van der Waals surface area contributed by atoms with E-state index in [1.165, 1.54) is 0 Å². The Morgan fingerprint density at radius 2 is 1.60 bits per heavy atom. The molecule has 0 saturated carbocycles. The van der Waals surface area contributed by atoms with E-state index in [0.717, 1.165) is 4.47 Å². The number of hydrogen-bond acceptors (Lipinski definition) is 2. The van der Waals surface area contributed by atoms with Crippen LogP contribution in [-0.2, 0) is 0 Å². The number of para-hydroxylation sites is 1. The van der Waals surface area contributed by atoms with Gasteiger partial charge in [-0.1, -0.05) is 28.1 Å². The third kappa shape index (κ3) is 3.24. The van der Waals surface area contributed by atoms with E-state index >= 15 is 0 Å². The summed E-state index contributed by atoms with van der Waals surface area (Å²) in [5, 5.41) is 5.29. The van der Waals surface area contributed by atoms with Gasteiger partial charge in [0.25, 0.3) is 11.8 Å². The SMILES string of the molecule is CNC(=O)c1ccccc1NC(=O)c1ccc(Br)cc1. The molecule has 0 spiro atoms. The Hall–Kier alpha value is -2.14. The molecule has 0 aromatic heterocycles. The molecule has 0 heterocycles. The van der Waals surface area contributed by atoms with Crippen molar-refractivity contribution >= 4 is 33.4 Å². The number of anilines is 1. The second-order valence-corrected chi connectivity index (χ2v) is 5.00. The first-order valence-electron chi connectivity index (χ1n) is 6.00. The highest BCUT2D eigenvalue weighted by atomic mass is 79.9. The van der Waals surface area contributed by atoms with Gasteiger partial charge in [-0.25, -0.2) is 0 Å². The Morgan fingerprint density at radius 1 is 0.950 bits per heavy atom. The third-order valence-electron chi connectivity index (χ3n) is 2.75. The van der Waals surface area contributed by atoms with Gasteiger partial charge in [-0.05, 0) is 36.4 Å². The van der Waals surface area contributed by atoms with E-state index in [2.05, 4.69) is 26.6 Å². The lowest BCUT2D eigenvalue weighted by Gasteiger charge is -2.10. The van der Waals surface area contributed by atoms with Crippen molar-refractivity contribution in [2.24, 2.45) is 0 Å². The number of hydrogen-bond donors (Lipinski definition) is 2. The third-order valence-corrected chi connectivity index (χ3v) is 3.28. The van der Waals surface area contributed by atoms with Crippen LogP contribution in [0, 0.1) is 0 Å². The Bertz CT molecular complexity index is 639. The number of carbonyl (C=O) groups is 2. The van der Waals surface area contributed by atoms with E-state index in [0.29, 0.717) is 16.8 Å². The van der Waals surface area contributed by atoms with Crippen LogP contribution in [0.1, 0.15) is 20.7 Å². The molecule has 2 aromatic rings. The molecule has 0 aliphatic carbocycles. The molecule has 2 N–H and O–H groups in total. The highest BCUT2D eigenvalue weighted by Gasteiger charge is 2.12. The summed E-state index contributed by atoms with van der Waals surface area (Å²) in [6, 6.07) is 13.9. The average Bonchev–Trinajstić information content (AvgIpc) is 2.47. The van der Waals surface area contributed by atoms with Gasteiger partial charge in [-0.2, -0.15) is 0 Å². The first-order valence-corrected chi connectivity index (χ1v) is 6.79. The van der Waals surface area contributed by atoms with Crippen LogP contribution in [0.25, 0.3) is 0 Å². The second kappa shape index (κ2) is 6.34. The van der Waals surface area contributed by atoms with Crippen LogP contribution in [0.3, 0.4) is 0 Å². The minimum absolute atomic E-state index is 0.239. The minimum atomic E-state index is -0.256. The Morgan fingerprint density at radius 3 is 2.25 bits per heavy atom. The van der Waals surface area contributed by atoms with Crippen molar-refractivity contribution in [1.82, 2.24) is 5.32 Å². The van der Waals surface area contributed by atoms with Crippen molar-refractivity contribution in [3.63, 3.8) is 0 Å². The van der Waals surface area contributed by atoms with Crippen molar-refractivity contribution in [3.05, 3.63) is 64.1 Å². The molecule has 0 fully saturated rings. The minimum Gasteiger partial charge on any atom is -0.355 e. The Balaban J connectivity index is 2.24. The van der Waals surface area contributed by atoms with Crippen LogP contribution in [0.4, 0.5) is 5.69 Å². The number of carbonyl (C=O) groups excluding carboxylic acids is 2. The summed E-state index contributed by atoms with van der Waals surface area (Å²) in [7, 11) is 1.55. The predicted octanol–water partition coefficient (Wildman–Crippen LogP) is 3.06. The van der Waals surface area contributed by atoms with Crippen LogP contribution in [0.2, 0.25) is 0 Å². The summed E-state index contributed by atoms with van der Waals surface area (Å²) in [6.07, 6.45) is 0. The molecule has 0 unspecified atom stereocenters. The number of benzene rings is 2. The van der Waals surface area contributed by atoms with Crippen LogP contribution >= 0.6 is 15.9 Å². The first kappa shape index (κ1) is 14.3. The van der Waals surface area contributed by atoms with Crippen molar-refractivity contribution in [2.45, 2.75) is 0 Å². The van der Waals surface area contributed by atoms with E-state index in [-0.39, 0.29) is 11.8 Å². The van der Waals surface area contributed by atoms with E-state index in [4.69, 9.17) is 0 Å². The highest BCUT2D eigenvalue weighted by Crippen LogP contribution is 2.17. The van der Waals surface area contributed by atoms with Gasteiger partial charge in [0.05, 0.1) is 11.3 Å². The number of rotatable bonds is 3. The fraction of sp³-hybridized carbons (Fsp3) is 0.0667. The topological polar surface area (TPSA) is 58.2 Å². The molecule has 0 saturated heterocycles. The molecule has 0 aliphatic heterocycles. The molecular weight excluding hydrogens is 320 g/mol. The lowest BCUT2D eigenvalue weighted by Crippen LogP contribution is -2.21. The summed E-state index contributed by atoms with van der Waals surface area (Å²) < 4.78 is 0.903. The maximum Gasteiger partial charge on any atom is 0.255 e. The molecule has 5 heteroatoms. The molecule has 0 aliphatic rings.